The molecule has 1 unspecified atom stereocenters. The van der Waals surface area contributed by atoms with Crippen LogP contribution >= 0.6 is 24.0 Å². The fourth-order valence-corrected chi connectivity index (χ4v) is 3.82. The summed E-state index contributed by atoms with van der Waals surface area (Å²) < 4.78 is 7.83. The molecule has 0 aromatic carbocycles. The van der Waals surface area contributed by atoms with Gasteiger partial charge >= 0.3 is 0 Å². The van der Waals surface area contributed by atoms with Gasteiger partial charge in [0.1, 0.15) is 11.6 Å². The summed E-state index contributed by atoms with van der Waals surface area (Å²) in [6, 6.07) is 0. The number of guanidine groups is 1. The van der Waals surface area contributed by atoms with Gasteiger partial charge in [-0.3, -0.25) is 4.99 Å². The molecule has 0 bridgehead atoms. The van der Waals surface area contributed by atoms with Crippen LogP contribution in [0.1, 0.15) is 50.7 Å². The number of rotatable bonds is 7. The number of ether oxygens (including phenoxy) is 1. The van der Waals surface area contributed by atoms with Crippen molar-refractivity contribution in [2.45, 2.75) is 58.4 Å². The molecule has 1 aromatic heterocycles. The van der Waals surface area contributed by atoms with E-state index >= 15 is 0 Å². The van der Waals surface area contributed by atoms with Crippen LogP contribution in [0.5, 0.6) is 0 Å². The molecule has 0 radical (unpaired) electrons. The predicted molar refractivity (Wildman–Crippen MR) is 119 cm³/mol. The minimum Gasteiger partial charge on any atom is -0.381 e. The summed E-state index contributed by atoms with van der Waals surface area (Å²) >= 11 is 0. The first-order valence-corrected chi connectivity index (χ1v) is 10.3. The Hall–Kier alpha value is -0.900. The Morgan fingerprint density at radius 3 is 3.00 bits per heavy atom. The number of nitrogens with zero attached hydrogens (tertiary/aromatic N) is 5. The molecule has 2 aliphatic heterocycles. The first-order chi connectivity index (χ1) is 12.8. The molecular formula is C19H35IN6O. The first-order valence-electron chi connectivity index (χ1n) is 10.3. The van der Waals surface area contributed by atoms with Crippen molar-refractivity contribution in [1.29, 1.82) is 0 Å². The van der Waals surface area contributed by atoms with Crippen molar-refractivity contribution < 1.29 is 4.74 Å². The predicted octanol–water partition coefficient (Wildman–Crippen LogP) is 2.49. The Bertz CT molecular complexity index is 585. The van der Waals surface area contributed by atoms with Crippen LogP contribution in [0.2, 0.25) is 0 Å². The van der Waals surface area contributed by atoms with Crippen LogP contribution in [0.4, 0.5) is 0 Å². The Kier molecular flexibility index (Phi) is 9.81. The van der Waals surface area contributed by atoms with Crippen molar-refractivity contribution in [2.75, 3.05) is 39.9 Å². The molecule has 1 atom stereocenters. The normalized spacial score (nSPS) is 19.9. The van der Waals surface area contributed by atoms with E-state index in [9.17, 15) is 0 Å². The van der Waals surface area contributed by atoms with E-state index in [0.29, 0.717) is 5.92 Å². The molecule has 1 aromatic rings. The molecule has 8 heteroatoms. The Morgan fingerprint density at radius 1 is 1.33 bits per heavy atom. The molecule has 27 heavy (non-hydrogen) atoms. The maximum absolute atomic E-state index is 5.49. The van der Waals surface area contributed by atoms with E-state index in [4.69, 9.17) is 9.73 Å². The van der Waals surface area contributed by atoms with Gasteiger partial charge in [-0.15, -0.1) is 34.2 Å². The van der Waals surface area contributed by atoms with Crippen molar-refractivity contribution in [3.8, 4) is 0 Å². The molecule has 1 N–H and O–H groups in total. The Morgan fingerprint density at radius 2 is 2.22 bits per heavy atom. The van der Waals surface area contributed by atoms with Crippen LogP contribution in [-0.4, -0.2) is 65.5 Å². The number of nitrogens with one attached hydrogen (secondary N) is 1. The van der Waals surface area contributed by atoms with Crippen LogP contribution < -0.4 is 5.32 Å². The van der Waals surface area contributed by atoms with Crippen molar-refractivity contribution in [2.24, 2.45) is 10.9 Å². The summed E-state index contributed by atoms with van der Waals surface area (Å²) in [5.41, 5.74) is 0. The minimum atomic E-state index is 0. The third-order valence-corrected chi connectivity index (χ3v) is 5.26. The lowest BCUT2D eigenvalue weighted by atomic mass is 10.1. The van der Waals surface area contributed by atoms with E-state index in [1.807, 2.05) is 0 Å². The van der Waals surface area contributed by atoms with Crippen LogP contribution in [0.3, 0.4) is 0 Å². The molecule has 3 rings (SSSR count). The number of hydrogen-bond donors (Lipinski definition) is 1. The zero-order valence-corrected chi connectivity index (χ0v) is 19.2. The third-order valence-electron chi connectivity index (χ3n) is 5.26. The highest BCUT2D eigenvalue weighted by Gasteiger charge is 2.19. The fourth-order valence-electron chi connectivity index (χ4n) is 3.82. The highest BCUT2D eigenvalue weighted by Crippen LogP contribution is 2.15. The summed E-state index contributed by atoms with van der Waals surface area (Å²) in [5.74, 6) is 3.93. The average molecular weight is 490 g/mol. The van der Waals surface area contributed by atoms with Gasteiger partial charge in [-0.25, -0.2) is 0 Å². The second kappa shape index (κ2) is 11.8. The summed E-state index contributed by atoms with van der Waals surface area (Å²) in [5, 5.41) is 12.2. The van der Waals surface area contributed by atoms with E-state index in [1.54, 1.807) is 0 Å². The largest absolute Gasteiger partial charge is 0.381 e. The van der Waals surface area contributed by atoms with E-state index in [0.717, 1.165) is 76.9 Å². The number of fused-ring (bicyclic) bond motifs is 1. The van der Waals surface area contributed by atoms with Crippen molar-refractivity contribution in [3.05, 3.63) is 11.6 Å². The van der Waals surface area contributed by atoms with E-state index in [1.165, 1.54) is 25.1 Å². The first kappa shape index (κ1) is 22.4. The van der Waals surface area contributed by atoms with Crippen LogP contribution in [0, 0.1) is 5.92 Å². The van der Waals surface area contributed by atoms with Gasteiger partial charge in [0.2, 0.25) is 0 Å². The number of aliphatic imine (C=N–C) groups is 1. The highest BCUT2D eigenvalue weighted by molar-refractivity contribution is 14.0. The number of halogens is 1. The lowest BCUT2D eigenvalue weighted by Gasteiger charge is -2.24. The number of aromatic nitrogens is 3. The highest BCUT2D eigenvalue weighted by atomic mass is 127. The molecule has 1 fully saturated rings. The van der Waals surface area contributed by atoms with Gasteiger partial charge in [0.15, 0.2) is 5.96 Å². The molecular weight excluding hydrogens is 455 g/mol. The second-order valence-corrected chi connectivity index (χ2v) is 7.44. The van der Waals surface area contributed by atoms with Gasteiger partial charge < -0.3 is 19.5 Å². The molecule has 0 spiro atoms. The monoisotopic (exact) mass is 490 g/mol. The molecule has 7 nitrogen and oxygen atoms in total. The maximum atomic E-state index is 5.49. The molecule has 0 saturated carbocycles. The fraction of sp³-hybridized carbons (Fsp3) is 0.842. The SMILES string of the molecule is CCNC(=NCCCc1nnc2n1CCCCC2)N(C)CC1CCOC1.I. The lowest BCUT2D eigenvalue weighted by Crippen LogP contribution is -2.41. The molecule has 0 aliphatic carbocycles. The molecule has 0 amide bonds. The zero-order valence-electron chi connectivity index (χ0n) is 16.8. The molecule has 154 valence electrons. The van der Waals surface area contributed by atoms with Crippen molar-refractivity contribution in [3.63, 3.8) is 0 Å². The van der Waals surface area contributed by atoms with Gasteiger partial charge in [-0.1, -0.05) is 6.42 Å². The van der Waals surface area contributed by atoms with E-state index in [-0.39, 0.29) is 24.0 Å². The number of hydrogen-bond acceptors (Lipinski definition) is 4. The lowest BCUT2D eigenvalue weighted by molar-refractivity contribution is 0.181. The van der Waals surface area contributed by atoms with E-state index < -0.39 is 0 Å². The molecule has 3 heterocycles. The van der Waals surface area contributed by atoms with Gasteiger partial charge in [0, 0.05) is 58.6 Å². The topological polar surface area (TPSA) is 67.6 Å². The molecule has 1 saturated heterocycles. The smallest absolute Gasteiger partial charge is 0.193 e. The van der Waals surface area contributed by atoms with Gasteiger partial charge in [-0.2, -0.15) is 0 Å². The quantitative estimate of drug-likeness (QED) is 0.275. The average Bonchev–Trinajstić information content (AvgIpc) is 3.22. The van der Waals surface area contributed by atoms with E-state index in [2.05, 4.69) is 39.0 Å². The van der Waals surface area contributed by atoms with Gasteiger partial charge in [0.05, 0.1) is 6.61 Å². The summed E-state index contributed by atoms with van der Waals surface area (Å²) in [7, 11) is 2.12. The second-order valence-electron chi connectivity index (χ2n) is 7.44. The maximum Gasteiger partial charge on any atom is 0.193 e. The third kappa shape index (κ3) is 6.58. The minimum absolute atomic E-state index is 0. The summed E-state index contributed by atoms with van der Waals surface area (Å²) in [6.07, 6.45) is 7.98. The summed E-state index contributed by atoms with van der Waals surface area (Å²) in [6.45, 7) is 7.68. The van der Waals surface area contributed by atoms with Gasteiger partial charge in [-0.05, 0) is 32.6 Å². The van der Waals surface area contributed by atoms with Crippen LogP contribution in [0.25, 0.3) is 0 Å². The van der Waals surface area contributed by atoms with Gasteiger partial charge in [0.25, 0.3) is 0 Å². The van der Waals surface area contributed by atoms with Crippen LogP contribution in [0.15, 0.2) is 4.99 Å². The van der Waals surface area contributed by atoms with Crippen molar-refractivity contribution in [1.82, 2.24) is 25.0 Å². The molecule has 2 aliphatic rings. The standard InChI is InChI=1S/C19H34N6O.HI/c1-3-20-19(24(2)14-16-10-13-26-15-16)21-11-7-9-18-23-22-17-8-5-4-6-12-25(17)18;/h16H,3-15H2,1-2H3,(H,20,21);1H. The van der Waals surface area contributed by atoms with Crippen LogP contribution in [-0.2, 0) is 24.1 Å². The Balaban J connectivity index is 0.00000261. The Labute approximate surface area is 180 Å². The summed E-state index contributed by atoms with van der Waals surface area (Å²) in [4.78, 5) is 7.06. The zero-order chi connectivity index (χ0) is 18.2. The number of aryl methyl sites for hydroxylation is 2. The van der Waals surface area contributed by atoms with Crippen molar-refractivity contribution >= 4 is 29.9 Å².